The summed E-state index contributed by atoms with van der Waals surface area (Å²) in [5.41, 5.74) is 2.49. The van der Waals surface area contributed by atoms with Gasteiger partial charge in [-0.05, 0) is 35.4 Å². The molecule has 23 heavy (non-hydrogen) atoms. The molecule has 0 spiro atoms. The molecule has 5 heteroatoms. The van der Waals surface area contributed by atoms with Crippen LogP contribution in [0.1, 0.15) is 11.1 Å². The highest BCUT2D eigenvalue weighted by Crippen LogP contribution is 2.17. The molecule has 0 saturated carbocycles. The molecule has 3 rings (SSSR count). The number of ether oxygens (including phenoxy) is 1. The Balaban J connectivity index is 1.74. The second-order valence-corrected chi connectivity index (χ2v) is 6.51. The summed E-state index contributed by atoms with van der Waals surface area (Å²) in [5.74, 6) is 0. The van der Waals surface area contributed by atoms with Crippen molar-refractivity contribution in [3.8, 4) is 0 Å². The van der Waals surface area contributed by atoms with E-state index in [0.717, 1.165) is 49.4 Å². The minimum absolute atomic E-state index is 0.768. The summed E-state index contributed by atoms with van der Waals surface area (Å²) in [6, 6.07) is 16.1. The molecule has 0 aliphatic carbocycles. The van der Waals surface area contributed by atoms with Gasteiger partial charge in [0.25, 0.3) is 0 Å². The fraction of sp³-hybridized carbons (Fsp3) is 0.333. The van der Waals surface area contributed by atoms with Gasteiger partial charge < -0.3 is 4.74 Å². The van der Waals surface area contributed by atoms with Crippen LogP contribution in [0.5, 0.6) is 0 Å². The molecule has 0 amide bonds. The van der Waals surface area contributed by atoms with Crippen LogP contribution in [-0.2, 0) is 17.8 Å². The number of hydrazine groups is 1. The van der Waals surface area contributed by atoms with Gasteiger partial charge in [0.15, 0.2) is 0 Å². The summed E-state index contributed by atoms with van der Waals surface area (Å²) in [5, 5.41) is 6.27. The molecule has 0 aromatic heterocycles. The zero-order valence-corrected chi connectivity index (χ0v) is 14.4. The minimum Gasteiger partial charge on any atom is -0.379 e. The first kappa shape index (κ1) is 16.7. The van der Waals surface area contributed by atoms with Gasteiger partial charge in [-0.25, -0.2) is 10.0 Å². The SMILES string of the molecule is Clc1ccc(CN(Cc2ccc(Cl)cc2)N2CCOCC2)cc1. The van der Waals surface area contributed by atoms with Gasteiger partial charge in [0, 0.05) is 36.2 Å². The van der Waals surface area contributed by atoms with Crippen LogP contribution in [0.2, 0.25) is 10.0 Å². The Morgan fingerprint density at radius 1 is 0.783 bits per heavy atom. The van der Waals surface area contributed by atoms with E-state index in [2.05, 4.69) is 34.3 Å². The standard InChI is InChI=1S/C18H20Cl2N2O/c19-17-5-1-15(2-6-17)13-22(21-9-11-23-12-10-21)14-16-3-7-18(20)8-4-16/h1-8H,9-14H2. The number of rotatable bonds is 5. The summed E-state index contributed by atoms with van der Waals surface area (Å²) in [7, 11) is 0. The van der Waals surface area contributed by atoms with Crippen LogP contribution in [0.4, 0.5) is 0 Å². The van der Waals surface area contributed by atoms with Crippen LogP contribution in [0.25, 0.3) is 0 Å². The van der Waals surface area contributed by atoms with Gasteiger partial charge in [0.05, 0.1) is 13.2 Å². The lowest BCUT2D eigenvalue weighted by Crippen LogP contribution is -2.47. The van der Waals surface area contributed by atoms with Crippen LogP contribution in [0.3, 0.4) is 0 Å². The number of hydrogen-bond donors (Lipinski definition) is 0. The summed E-state index contributed by atoms with van der Waals surface area (Å²) >= 11 is 12.0. The predicted molar refractivity (Wildman–Crippen MR) is 94.5 cm³/mol. The number of benzene rings is 2. The number of nitrogens with zero attached hydrogens (tertiary/aromatic N) is 2. The third-order valence-corrected chi connectivity index (χ3v) is 4.45. The Labute approximate surface area is 147 Å². The third-order valence-electron chi connectivity index (χ3n) is 3.94. The minimum atomic E-state index is 0.768. The number of halogens is 2. The molecule has 1 heterocycles. The van der Waals surface area contributed by atoms with E-state index in [0.29, 0.717) is 0 Å². The molecule has 0 atom stereocenters. The first-order chi connectivity index (χ1) is 11.2. The maximum atomic E-state index is 5.99. The van der Waals surface area contributed by atoms with Crippen LogP contribution in [0.15, 0.2) is 48.5 Å². The van der Waals surface area contributed by atoms with E-state index in [1.807, 2.05) is 24.3 Å². The van der Waals surface area contributed by atoms with Crippen LogP contribution in [-0.4, -0.2) is 36.3 Å². The quantitative estimate of drug-likeness (QED) is 0.801. The van der Waals surface area contributed by atoms with Gasteiger partial charge in [-0.1, -0.05) is 47.5 Å². The zero-order valence-electron chi connectivity index (χ0n) is 12.9. The molecule has 2 aromatic rings. The van der Waals surface area contributed by atoms with Crippen LogP contribution >= 0.6 is 23.2 Å². The van der Waals surface area contributed by atoms with Gasteiger partial charge >= 0.3 is 0 Å². The van der Waals surface area contributed by atoms with Gasteiger partial charge in [-0.15, -0.1) is 0 Å². The molecule has 1 aliphatic heterocycles. The molecule has 0 bridgehead atoms. The molecule has 2 aromatic carbocycles. The Morgan fingerprint density at radius 3 is 1.65 bits per heavy atom. The Hall–Kier alpha value is -1.10. The normalized spacial score (nSPS) is 16.0. The van der Waals surface area contributed by atoms with Gasteiger partial charge in [0.1, 0.15) is 0 Å². The maximum absolute atomic E-state index is 5.99. The number of morpholine rings is 1. The van der Waals surface area contributed by atoms with Crippen molar-refractivity contribution < 1.29 is 4.74 Å². The van der Waals surface area contributed by atoms with Crippen molar-refractivity contribution in [1.29, 1.82) is 0 Å². The topological polar surface area (TPSA) is 15.7 Å². The molecule has 1 fully saturated rings. The molecule has 122 valence electrons. The molecule has 1 aliphatic rings. The summed E-state index contributed by atoms with van der Waals surface area (Å²) in [4.78, 5) is 0. The fourth-order valence-electron chi connectivity index (χ4n) is 2.69. The van der Waals surface area contributed by atoms with E-state index in [1.165, 1.54) is 11.1 Å². The lowest BCUT2D eigenvalue weighted by Gasteiger charge is -2.37. The summed E-state index contributed by atoms with van der Waals surface area (Å²) < 4.78 is 5.48. The summed E-state index contributed by atoms with van der Waals surface area (Å²) in [6.45, 7) is 5.08. The fourth-order valence-corrected chi connectivity index (χ4v) is 2.95. The monoisotopic (exact) mass is 350 g/mol. The molecule has 3 nitrogen and oxygen atoms in total. The highest BCUT2D eigenvalue weighted by Gasteiger charge is 2.19. The molecule has 0 radical (unpaired) electrons. The van der Waals surface area contributed by atoms with Gasteiger partial charge in [-0.3, -0.25) is 0 Å². The van der Waals surface area contributed by atoms with E-state index < -0.39 is 0 Å². The predicted octanol–water partition coefficient (Wildman–Crippen LogP) is 4.24. The zero-order chi connectivity index (χ0) is 16.1. The lowest BCUT2D eigenvalue weighted by molar-refractivity contribution is -0.101. The van der Waals surface area contributed by atoms with Crippen molar-refractivity contribution in [3.05, 3.63) is 69.7 Å². The van der Waals surface area contributed by atoms with Crippen molar-refractivity contribution in [3.63, 3.8) is 0 Å². The average Bonchev–Trinajstić information content (AvgIpc) is 2.59. The first-order valence-electron chi connectivity index (χ1n) is 7.77. The second-order valence-electron chi connectivity index (χ2n) is 5.64. The highest BCUT2D eigenvalue weighted by atomic mass is 35.5. The smallest absolute Gasteiger partial charge is 0.0608 e. The van der Waals surface area contributed by atoms with Crippen molar-refractivity contribution in [1.82, 2.24) is 10.0 Å². The van der Waals surface area contributed by atoms with Crippen molar-refractivity contribution in [2.45, 2.75) is 13.1 Å². The van der Waals surface area contributed by atoms with Crippen LogP contribution < -0.4 is 0 Å². The number of hydrogen-bond acceptors (Lipinski definition) is 3. The molecular formula is C18H20Cl2N2O. The van der Waals surface area contributed by atoms with E-state index in [9.17, 15) is 0 Å². The van der Waals surface area contributed by atoms with E-state index in [-0.39, 0.29) is 0 Å². The van der Waals surface area contributed by atoms with Crippen LogP contribution in [0, 0.1) is 0 Å². The maximum Gasteiger partial charge on any atom is 0.0608 e. The third kappa shape index (κ3) is 4.93. The summed E-state index contributed by atoms with van der Waals surface area (Å²) in [6.07, 6.45) is 0. The Morgan fingerprint density at radius 2 is 1.22 bits per heavy atom. The van der Waals surface area contributed by atoms with Crippen molar-refractivity contribution in [2.75, 3.05) is 26.3 Å². The van der Waals surface area contributed by atoms with Crippen molar-refractivity contribution >= 4 is 23.2 Å². The van der Waals surface area contributed by atoms with Gasteiger partial charge in [0.2, 0.25) is 0 Å². The molecule has 0 unspecified atom stereocenters. The van der Waals surface area contributed by atoms with Crippen molar-refractivity contribution in [2.24, 2.45) is 0 Å². The van der Waals surface area contributed by atoms with Gasteiger partial charge in [-0.2, -0.15) is 0 Å². The van der Waals surface area contributed by atoms with E-state index in [1.54, 1.807) is 0 Å². The first-order valence-corrected chi connectivity index (χ1v) is 8.53. The lowest BCUT2D eigenvalue weighted by atomic mass is 10.2. The highest BCUT2D eigenvalue weighted by molar-refractivity contribution is 6.30. The Kier molecular flexibility index (Phi) is 5.92. The largest absolute Gasteiger partial charge is 0.379 e. The molecular weight excluding hydrogens is 331 g/mol. The van der Waals surface area contributed by atoms with E-state index in [4.69, 9.17) is 27.9 Å². The molecule has 1 saturated heterocycles. The molecule has 0 N–H and O–H groups in total. The second kappa shape index (κ2) is 8.13. The van der Waals surface area contributed by atoms with E-state index >= 15 is 0 Å². The Bertz CT molecular complexity index is 562. The average molecular weight is 351 g/mol.